The van der Waals surface area contributed by atoms with Gasteiger partial charge in [0.15, 0.2) is 12.1 Å². The number of phenols is 3. The van der Waals surface area contributed by atoms with Crippen molar-refractivity contribution in [3.63, 3.8) is 0 Å². The molecule has 16 nitrogen and oxygen atoms in total. The summed E-state index contributed by atoms with van der Waals surface area (Å²) in [6, 6.07) is 7.31. The summed E-state index contributed by atoms with van der Waals surface area (Å²) in [4.78, 5) is 24.2. The normalized spacial score (nSPS) is 33.0. The molecule has 0 bridgehead atoms. The Morgan fingerprint density at radius 1 is 0.814 bits per heavy atom. The van der Waals surface area contributed by atoms with Crippen molar-refractivity contribution in [2.24, 2.45) is 0 Å². The Hall–Kier alpha value is -3.55. The first-order chi connectivity index (χ1) is 20.4. The minimum absolute atomic E-state index is 0.105. The average Bonchev–Trinajstić information content (AvgIpc) is 2.97. The van der Waals surface area contributed by atoms with Gasteiger partial charge in [-0.2, -0.15) is 4.89 Å². The molecule has 3 aromatic rings. The van der Waals surface area contributed by atoms with E-state index in [1.165, 1.54) is 31.2 Å². The molecule has 0 spiro atoms. The van der Waals surface area contributed by atoms with Gasteiger partial charge in [0, 0.05) is 17.7 Å². The number of aliphatic hydroxyl groups excluding tert-OH is 6. The van der Waals surface area contributed by atoms with Gasteiger partial charge in [0.2, 0.25) is 11.7 Å². The standard InChI is InChI=1S/C27H30O16/c1-9-17(32)21(36)25(41-26-22(37)20(35)18(33)15(8-28)40-26)27(38-9)43-42-24-19(34)16-13(31)6-12(30)7-14(16)39-23(24)10-2-4-11(29)5-3-10/h2-7,9,15,17-18,20-22,25-33,35-37H,8H2,1H3/t9-,15+,17-,18+,20-,21+,22+,25+,26-,27-/m0/s1. The first-order valence-corrected chi connectivity index (χ1v) is 13.0. The zero-order valence-electron chi connectivity index (χ0n) is 22.3. The van der Waals surface area contributed by atoms with E-state index in [4.69, 9.17) is 28.4 Å². The summed E-state index contributed by atoms with van der Waals surface area (Å²) in [6.45, 7) is 0.616. The van der Waals surface area contributed by atoms with Crippen LogP contribution >= 0.6 is 0 Å². The summed E-state index contributed by atoms with van der Waals surface area (Å²) < 4.78 is 22.3. The molecule has 2 saturated heterocycles. The molecule has 2 aromatic carbocycles. The average molecular weight is 611 g/mol. The van der Waals surface area contributed by atoms with Crippen LogP contribution in [0.25, 0.3) is 22.3 Å². The van der Waals surface area contributed by atoms with Crippen LogP contribution in [-0.4, -0.2) is 114 Å². The number of aliphatic hydroxyl groups is 6. The Kier molecular flexibility index (Phi) is 8.77. The minimum atomic E-state index is -1.88. The zero-order valence-corrected chi connectivity index (χ0v) is 22.3. The van der Waals surface area contributed by atoms with Crippen molar-refractivity contribution in [1.29, 1.82) is 0 Å². The fourth-order valence-corrected chi connectivity index (χ4v) is 4.80. The predicted molar refractivity (Wildman–Crippen MR) is 140 cm³/mol. The van der Waals surface area contributed by atoms with E-state index in [1.807, 2.05) is 0 Å². The van der Waals surface area contributed by atoms with Crippen LogP contribution in [0.5, 0.6) is 23.0 Å². The number of fused-ring (bicyclic) bond motifs is 1. The number of phenolic OH excluding ortho intramolecular Hbond substituents is 3. The van der Waals surface area contributed by atoms with Gasteiger partial charge in [0.1, 0.15) is 70.9 Å². The van der Waals surface area contributed by atoms with Gasteiger partial charge in [0.05, 0.1) is 12.7 Å². The lowest BCUT2D eigenvalue weighted by atomic mass is 9.97. The zero-order chi connectivity index (χ0) is 31.2. The van der Waals surface area contributed by atoms with E-state index in [2.05, 4.69) is 0 Å². The van der Waals surface area contributed by atoms with E-state index in [0.717, 1.165) is 12.1 Å². The molecule has 10 atom stereocenters. The summed E-state index contributed by atoms with van der Waals surface area (Å²) in [5.41, 5.74) is -0.985. The van der Waals surface area contributed by atoms with Crippen LogP contribution in [-0.2, 0) is 19.1 Å². The fraction of sp³-hybridized carbons (Fsp3) is 0.444. The number of hydrogen-bond donors (Lipinski definition) is 9. The molecule has 0 radical (unpaired) electrons. The Morgan fingerprint density at radius 2 is 1.51 bits per heavy atom. The number of rotatable bonds is 7. The molecular weight excluding hydrogens is 580 g/mol. The first kappa shape index (κ1) is 30.9. The highest BCUT2D eigenvalue weighted by Gasteiger charge is 2.51. The number of benzene rings is 2. The second kappa shape index (κ2) is 12.2. The van der Waals surface area contributed by atoms with Crippen molar-refractivity contribution in [1.82, 2.24) is 0 Å². The third-order valence-corrected chi connectivity index (χ3v) is 7.20. The van der Waals surface area contributed by atoms with Crippen LogP contribution in [0.1, 0.15) is 6.92 Å². The van der Waals surface area contributed by atoms with Crippen molar-refractivity contribution in [2.45, 2.75) is 68.3 Å². The molecule has 2 aliphatic rings. The molecule has 0 aliphatic carbocycles. The molecule has 234 valence electrons. The van der Waals surface area contributed by atoms with Crippen LogP contribution in [0, 0.1) is 0 Å². The SMILES string of the molecule is C[C@@H]1O[C@@H](OOc2c(-c3ccc(O)cc3)oc3cc(O)cc(O)c3c2=O)[C@H](O[C@@H]2O[C@H](CO)[C@@H](O)[C@H](O)[C@H]2O)[C@H](O)[C@H]1O. The quantitative estimate of drug-likeness (QED) is 0.109. The van der Waals surface area contributed by atoms with Crippen LogP contribution in [0.2, 0.25) is 0 Å². The maximum atomic E-state index is 13.5. The van der Waals surface area contributed by atoms with Gasteiger partial charge in [-0.05, 0) is 31.2 Å². The first-order valence-electron chi connectivity index (χ1n) is 13.0. The summed E-state index contributed by atoms with van der Waals surface area (Å²) in [5.74, 6) is -2.05. The summed E-state index contributed by atoms with van der Waals surface area (Å²) >= 11 is 0. The Morgan fingerprint density at radius 3 is 2.19 bits per heavy atom. The molecule has 0 amide bonds. The summed E-state index contributed by atoms with van der Waals surface area (Å²) in [6.07, 6.45) is -16.4. The van der Waals surface area contributed by atoms with Crippen molar-refractivity contribution < 1.29 is 74.4 Å². The van der Waals surface area contributed by atoms with E-state index in [9.17, 15) is 50.8 Å². The number of ether oxygens (including phenoxy) is 3. The van der Waals surface area contributed by atoms with Gasteiger partial charge in [-0.25, -0.2) is 0 Å². The maximum Gasteiger partial charge on any atom is 0.256 e. The molecule has 0 saturated carbocycles. The maximum absolute atomic E-state index is 13.5. The lowest BCUT2D eigenvalue weighted by Gasteiger charge is -2.45. The van der Waals surface area contributed by atoms with Crippen molar-refractivity contribution in [3.05, 3.63) is 46.6 Å². The fourth-order valence-electron chi connectivity index (χ4n) is 4.80. The van der Waals surface area contributed by atoms with Crippen molar-refractivity contribution >= 4 is 11.0 Å². The topological polar surface area (TPSA) is 258 Å². The lowest BCUT2D eigenvalue weighted by molar-refractivity contribution is -0.411. The van der Waals surface area contributed by atoms with Crippen LogP contribution < -0.4 is 10.3 Å². The molecule has 2 fully saturated rings. The van der Waals surface area contributed by atoms with Gasteiger partial charge in [-0.15, -0.1) is 0 Å². The van der Waals surface area contributed by atoms with Crippen LogP contribution in [0.3, 0.4) is 0 Å². The molecule has 5 rings (SSSR count). The Balaban J connectivity index is 1.49. The van der Waals surface area contributed by atoms with Crippen molar-refractivity contribution in [3.8, 4) is 34.3 Å². The molecule has 9 N–H and O–H groups in total. The molecular formula is C27H30O16. The van der Waals surface area contributed by atoms with E-state index in [-0.39, 0.29) is 28.0 Å². The van der Waals surface area contributed by atoms with Gasteiger partial charge in [-0.3, -0.25) is 4.79 Å². The third-order valence-electron chi connectivity index (χ3n) is 7.20. The molecule has 43 heavy (non-hydrogen) atoms. The highest BCUT2D eigenvalue weighted by atomic mass is 17.2. The number of aromatic hydroxyl groups is 3. The van der Waals surface area contributed by atoms with Gasteiger partial charge >= 0.3 is 0 Å². The van der Waals surface area contributed by atoms with E-state index >= 15 is 0 Å². The summed E-state index contributed by atoms with van der Waals surface area (Å²) in [5, 5.41) is 90.8. The Bertz CT molecular complexity index is 1490. The largest absolute Gasteiger partial charge is 0.508 e. The predicted octanol–water partition coefficient (Wildman–Crippen LogP) is -1.46. The van der Waals surface area contributed by atoms with Crippen LogP contribution in [0.15, 0.2) is 45.6 Å². The molecule has 3 heterocycles. The second-order valence-electron chi connectivity index (χ2n) is 10.1. The van der Waals surface area contributed by atoms with Gasteiger partial charge in [0.25, 0.3) is 5.75 Å². The van der Waals surface area contributed by atoms with Crippen molar-refractivity contribution in [2.75, 3.05) is 6.61 Å². The molecule has 1 aromatic heterocycles. The monoisotopic (exact) mass is 610 g/mol. The minimum Gasteiger partial charge on any atom is -0.508 e. The number of hydrogen-bond acceptors (Lipinski definition) is 16. The highest BCUT2D eigenvalue weighted by molar-refractivity contribution is 5.88. The molecule has 0 unspecified atom stereocenters. The van der Waals surface area contributed by atoms with E-state index in [0.29, 0.717) is 0 Å². The van der Waals surface area contributed by atoms with Gasteiger partial charge in [-0.1, -0.05) is 0 Å². The second-order valence-corrected chi connectivity index (χ2v) is 10.1. The third kappa shape index (κ3) is 5.85. The Labute approximate surface area is 241 Å². The lowest BCUT2D eigenvalue weighted by Crippen LogP contribution is -2.64. The smallest absolute Gasteiger partial charge is 0.256 e. The van der Waals surface area contributed by atoms with Gasteiger partial charge < -0.3 is 69.5 Å². The highest BCUT2D eigenvalue weighted by Crippen LogP contribution is 2.37. The summed E-state index contributed by atoms with van der Waals surface area (Å²) in [7, 11) is 0. The molecule has 2 aliphatic heterocycles. The van der Waals surface area contributed by atoms with E-state index in [1.54, 1.807) is 0 Å². The molecule has 16 heteroatoms. The van der Waals surface area contributed by atoms with Crippen LogP contribution in [0.4, 0.5) is 0 Å². The van der Waals surface area contributed by atoms with E-state index < -0.39 is 90.7 Å².